The highest BCUT2D eigenvalue weighted by Crippen LogP contribution is 2.15. The van der Waals surface area contributed by atoms with Gasteiger partial charge in [0.2, 0.25) is 0 Å². The molecule has 1 rings (SSSR count). The molecular formula is C17H30N2O. The predicted octanol–water partition coefficient (Wildman–Crippen LogP) is 3.23. The molecule has 0 aromatic carbocycles. The van der Waals surface area contributed by atoms with Crippen molar-refractivity contribution >= 4 is 0 Å². The fourth-order valence-corrected chi connectivity index (χ4v) is 2.54. The summed E-state index contributed by atoms with van der Waals surface area (Å²) in [5, 5.41) is 3.56. The van der Waals surface area contributed by atoms with Gasteiger partial charge in [0.25, 0.3) is 0 Å². The third kappa shape index (κ3) is 5.22. The predicted molar refractivity (Wildman–Crippen MR) is 85.0 cm³/mol. The topological polar surface area (TPSA) is 34.2 Å². The molecule has 3 nitrogen and oxygen atoms in total. The van der Waals surface area contributed by atoms with E-state index in [1.54, 1.807) is 0 Å². The number of likely N-dealkylation sites (N-methyl/N-ethyl adjacent to an activating group) is 1. The number of nitrogens with one attached hydrogen (secondary N) is 1. The highest BCUT2D eigenvalue weighted by Gasteiger charge is 2.24. The van der Waals surface area contributed by atoms with Crippen LogP contribution >= 0.6 is 0 Å². The van der Waals surface area contributed by atoms with Gasteiger partial charge >= 0.3 is 0 Å². The normalized spacial score (nSPS) is 14.5. The molecule has 2 atom stereocenters. The number of rotatable bonds is 9. The van der Waals surface area contributed by atoms with Crippen molar-refractivity contribution in [3.8, 4) is 0 Å². The Kier molecular flexibility index (Phi) is 7.78. The van der Waals surface area contributed by atoms with E-state index < -0.39 is 0 Å². The van der Waals surface area contributed by atoms with E-state index in [1.165, 1.54) is 5.56 Å². The molecule has 114 valence electrons. The maximum absolute atomic E-state index is 5.94. The highest BCUT2D eigenvalue weighted by molar-refractivity contribution is 5.15. The minimum atomic E-state index is 0.229. The minimum absolute atomic E-state index is 0.229. The maximum Gasteiger partial charge on any atom is 0.0754 e. The van der Waals surface area contributed by atoms with Gasteiger partial charge in [-0.25, -0.2) is 0 Å². The van der Waals surface area contributed by atoms with E-state index in [0.29, 0.717) is 12.0 Å². The summed E-state index contributed by atoms with van der Waals surface area (Å²) in [5.41, 5.74) is 2.43. The number of hydrogen-bond donors (Lipinski definition) is 1. The van der Waals surface area contributed by atoms with Gasteiger partial charge in [0, 0.05) is 31.0 Å². The van der Waals surface area contributed by atoms with Crippen molar-refractivity contribution in [1.82, 2.24) is 10.3 Å². The van der Waals surface area contributed by atoms with Gasteiger partial charge in [0.15, 0.2) is 0 Å². The molecule has 1 aromatic heterocycles. The molecule has 0 aliphatic heterocycles. The zero-order valence-electron chi connectivity index (χ0n) is 13.6. The molecule has 1 aromatic rings. The monoisotopic (exact) mass is 278 g/mol. The first-order chi connectivity index (χ1) is 9.62. The van der Waals surface area contributed by atoms with Crippen LogP contribution in [0.3, 0.4) is 0 Å². The molecule has 0 aliphatic carbocycles. The molecule has 0 fully saturated rings. The summed E-state index contributed by atoms with van der Waals surface area (Å²) in [6.07, 6.45) is 4.18. The molecule has 0 saturated heterocycles. The zero-order valence-corrected chi connectivity index (χ0v) is 13.6. The Morgan fingerprint density at radius 3 is 2.40 bits per heavy atom. The fraction of sp³-hybridized carbons (Fsp3) is 0.706. The minimum Gasteiger partial charge on any atom is -0.377 e. The zero-order chi connectivity index (χ0) is 15.0. The van der Waals surface area contributed by atoms with Gasteiger partial charge < -0.3 is 10.1 Å². The summed E-state index contributed by atoms with van der Waals surface area (Å²) in [6, 6.07) is 4.64. The van der Waals surface area contributed by atoms with Crippen LogP contribution in [0.5, 0.6) is 0 Å². The van der Waals surface area contributed by atoms with Crippen LogP contribution in [0.1, 0.15) is 45.9 Å². The van der Waals surface area contributed by atoms with E-state index in [2.05, 4.69) is 57.1 Å². The summed E-state index contributed by atoms with van der Waals surface area (Å²) in [7, 11) is 0. The van der Waals surface area contributed by atoms with Crippen molar-refractivity contribution in [2.75, 3.05) is 13.2 Å². The first-order valence-electron chi connectivity index (χ1n) is 7.91. The van der Waals surface area contributed by atoms with E-state index in [4.69, 9.17) is 4.74 Å². The van der Waals surface area contributed by atoms with Crippen LogP contribution in [0.4, 0.5) is 0 Å². The van der Waals surface area contributed by atoms with Crippen LogP contribution in [-0.2, 0) is 17.6 Å². The second-order valence-electron chi connectivity index (χ2n) is 5.54. The summed E-state index contributed by atoms with van der Waals surface area (Å²) < 4.78 is 5.94. The Morgan fingerprint density at radius 2 is 1.95 bits per heavy atom. The van der Waals surface area contributed by atoms with Crippen molar-refractivity contribution in [3.63, 3.8) is 0 Å². The molecule has 0 amide bonds. The third-order valence-electron chi connectivity index (χ3n) is 3.60. The molecular weight excluding hydrogens is 248 g/mol. The van der Waals surface area contributed by atoms with E-state index in [1.807, 2.05) is 6.20 Å². The summed E-state index contributed by atoms with van der Waals surface area (Å²) in [4.78, 5) is 4.58. The lowest BCUT2D eigenvalue weighted by molar-refractivity contribution is 0.00374. The number of hydrogen-bond acceptors (Lipinski definition) is 3. The molecule has 0 saturated carbocycles. The molecule has 0 bridgehead atoms. The lowest BCUT2D eigenvalue weighted by Crippen LogP contribution is -2.45. The summed E-state index contributed by atoms with van der Waals surface area (Å²) in [6.45, 7) is 12.5. The van der Waals surface area contributed by atoms with E-state index >= 15 is 0 Å². The van der Waals surface area contributed by atoms with Crippen molar-refractivity contribution in [2.45, 2.75) is 59.6 Å². The van der Waals surface area contributed by atoms with Crippen LogP contribution in [0.25, 0.3) is 0 Å². The van der Waals surface area contributed by atoms with Gasteiger partial charge in [-0.15, -0.1) is 0 Å². The Labute approximate surface area is 124 Å². The lowest BCUT2D eigenvalue weighted by Gasteiger charge is -2.30. The van der Waals surface area contributed by atoms with Gasteiger partial charge in [-0.05, 0) is 37.4 Å². The van der Waals surface area contributed by atoms with Crippen LogP contribution in [0.15, 0.2) is 18.3 Å². The van der Waals surface area contributed by atoms with Crippen LogP contribution in [0, 0.1) is 5.92 Å². The Hall–Kier alpha value is -0.930. The van der Waals surface area contributed by atoms with Crippen molar-refractivity contribution in [2.24, 2.45) is 5.92 Å². The van der Waals surface area contributed by atoms with Gasteiger partial charge in [-0.2, -0.15) is 0 Å². The van der Waals surface area contributed by atoms with Crippen LogP contribution < -0.4 is 5.32 Å². The molecule has 20 heavy (non-hydrogen) atoms. The quantitative estimate of drug-likeness (QED) is 0.753. The van der Waals surface area contributed by atoms with Gasteiger partial charge in [-0.3, -0.25) is 4.98 Å². The second kappa shape index (κ2) is 9.09. The number of ether oxygens (including phenoxy) is 1. The summed E-state index contributed by atoms with van der Waals surface area (Å²) >= 11 is 0. The van der Waals surface area contributed by atoms with Gasteiger partial charge in [0.1, 0.15) is 0 Å². The molecule has 0 radical (unpaired) electrons. The number of aryl methyl sites for hydroxylation is 1. The smallest absolute Gasteiger partial charge is 0.0754 e. The van der Waals surface area contributed by atoms with E-state index in [9.17, 15) is 0 Å². The Morgan fingerprint density at radius 1 is 1.20 bits per heavy atom. The highest BCUT2D eigenvalue weighted by atomic mass is 16.5. The molecule has 1 N–H and O–H groups in total. The van der Waals surface area contributed by atoms with Gasteiger partial charge in [0.05, 0.1) is 6.10 Å². The number of pyridine rings is 1. The average Bonchev–Trinajstić information content (AvgIpc) is 2.45. The molecule has 0 aliphatic rings. The maximum atomic E-state index is 5.94. The second-order valence-corrected chi connectivity index (χ2v) is 5.54. The van der Waals surface area contributed by atoms with Crippen molar-refractivity contribution in [1.29, 1.82) is 0 Å². The largest absolute Gasteiger partial charge is 0.377 e. The molecule has 0 spiro atoms. The Bertz CT molecular complexity index is 362. The first-order valence-corrected chi connectivity index (χ1v) is 7.91. The standard InChI is InChI=1S/C17H30N2O/c1-6-14-9-10-15(19-12-14)11-16(18-7-2)17(13(4)5)20-8-3/h9-10,12-13,16-18H,6-8,11H2,1-5H3. The van der Waals surface area contributed by atoms with Crippen LogP contribution in [0.2, 0.25) is 0 Å². The van der Waals surface area contributed by atoms with Crippen molar-refractivity contribution in [3.05, 3.63) is 29.6 Å². The molecule has 3 heteroatoms. The van der Waals surface area contributed by atoms with Crippen molar-refractivity contribution < 1.29 is 4.74 Å². The van der Waals surface area contributed by atoms with Gasteiger partial charge in [-0.1, -0.05) is 33.8 Å². The lowest BCUT2D eigenvalue weighted by atomic mass is 9.95. The molecule has 1 heterocycles. The van der Waals surface area contributed by atoms with E-state index in [-0.39, 0.29) is 6.10 Å². The number of aromatic nitrogens is 1. The third-order valence-corrected chi connectivity index (χ3v) is 3.60. The molecule has 2 unspecified atom stereocenters. The Balaban J connectivity index is 2.78. The fourth-order valence-electron chi connectivity index (χ4n) is 2.54. The van der Waals surface area contributed by atoms with Crippen LogP contribution in [-0.4, -0.2) is 30.3 Å². The number of nitrogens with zero attached hydrogens (tertiary/aromatic N) is 1. The SMILES string of the molecule is CCNC(Cc1ccc(CC)cn1)C(OCC)C(C)C. The first kappa shape index (κ1) is 17.1. The van der Waals surface area contributed by atoms with E-state index in [0.717, 1.165) is 31.7 Å². The average molecular weight is 278 g/mol. The summed E-state index contributed by atoms with van der Waals surface area (Å²) in [5.74, 6) is 0.494.